The molecule has 11 nitrogen and oxygen atoms in total. The third-order valence-electron chi connectivity index (χ3n) is 6.47. The van der Waals surface area contributed by atoms with Crippen molar-refractivity contribution in [2.75, 3.05) is 37.7 Å². The van der Waals surface area contributed by atoms with Crippen LogP contribution in [0.2, 0.25) is 0 Å². The highest BCUT2D eigenvalue weighted by Crippen LogP contribution is 2.36. The highest BCUT2D eigenvalue weighted by Gasteiger charge is 2.50. The molecule has 1 spiro atoms. The van der Waals surface area contributed by atoms with Crippen LogP contribution in [0.5, 0.6) is 0 Å². The smallest absolute Gasteiger partial charge is 0.475 e. The van der Waals surface area contributed by atoms with Crippen molar-refractivity contribution in [3.05, 3.63) is 59.4 Å². The summed E-state index contributed by atoms with van der Waals surface area (Å²) < 4.78 is 117. The molecule has 46 heavy (non-hydrogen) atoms. The number of carbonyl (C=O) groups excluding carboxylic acids is 2. The monoisotopic (exact) mass is 679 g/mol. The Labute approximate surface area is 251 Å². The minimum atomic E-state index is -5.08. The topological polar surface area (TPSA) is 152 Å². The summed E-state index contributed by atoms with van der Waals surface area (Å²) >= 11 is 0. The number of carboxylic acid groups (broad SMARTS) is 2. The predicted octanol–water partition coefficient (Wildman–Crippen LogP) is 3.06. The van der Waals surface area contributed by atoms with Gasteiger partial charge in [-0.05, 0) is 25.0 Å². The van der Waals surface area contributed by atoms with Gasteiger partial charge in [-0.3, -0.25) is 14.6 Å². The Bertz CT molecular complexity index is 1380. The number of likely N-dealkylation sites (tertiary alicyclic amines) is 1. The van der Waals surface area contributed by atoms with Gasteiger partial charge in [0.25, 0.3) is 5.91 Å². The van der Waals surface area contributed by atoms with E-state index in [9.17, 15) is 53.5 Å². The van der Waals surface area contributed by atoms with Gasteiger partial charge in [-0.25, -0.2) is 27.2 Å². The minimum absolute atomic E-state index is 0.116. The van der Waals surface area contributed by atoms with Crippen LogP contribution in [0.1, 0.15) is 23.2 Å². The van der Waals surface area contributed by atoms with Gasteiger partial charge in [-0.15, -0.1) is 0 Å². The standard InChI is InChI=1S/C21H21F4N5O2.2C2HF3O2/c22-14-9-15(11-26-10-14)30-12-28-20(32)21(30)1-4-29(5-2-21)6-3-27-19(31)13-7-16(23)18(25)17(24)8-13;2*3-2(4,5)1(6)7/h7-11H,1-6,12H2,(H,27,31)(H,28,32);2*(H,6,7). The number of carbonyl (C=O) groups is 4. The summed E-state index contributed by atoms with van der Waals surface area (Å²) in [5, 5.41) is 19.6. The molecule has 1 aromatic carbocycles. The van der Waals surface area contributed by atoms with Crippen molar-refractivity contribution < 1.29 is 73.3 Å². The van der Waals surface area contributed by atoms with Crippen LogP contribution in [-0.4, -0.2) is 94.6 Å². The number of halogens is 10. The maximum Gasteiger partial charge on any atom is 0.490 e. The number of aromatic nitrogens is 1. The molecule has 4 N–H and O–H groups in total. The number of hydrogen-bond donors (Lipinski definition) is 4. The summed E-state index contributed by atoms with van der Waals surface area (Å²) in [5.41, 5.74) is -0.568. The minimum Gasteiger partial charge on any atom is -0.475 e. The van der Waals surface area contributed by atoms with E-state index in [1.807, 2.05) is 9.80 Å². The summed E-state index contributed by atoms with van der Waals surface area (Å²) in [6, 6.07) is 2.64. The molecule has 2 aliphatic rings. The number of piperidine rings is 1. The number of benzene rings is 1. The van der Waals surface area contributed by atoms with E-state index >= 15 is 0 Å². The molecular formula is C25H23F10N5O6. The van der Waals surface area contributed by atoms with Crippen molar-refractivity contribution in [2.24, 2.45) is 0 Å². The molecule has 2 saturated heterocycles. The highest BCUT2D eigenvalue weighted by molar-refractivity contribution is 5.94. The van der Waals surface area contributed by atoms with Crippen LogP contribution in [0, 0.1) is 23.3 Å². The largest absolute Gasteiger partial charge is 0.490 e. The molecule has 0 saturated carbocycles. The number of alkyl halides is 6. The van der Waals surface area contributed by atoms with Crippen molar-refractivity contribution in [1.29, 1.82) is 0 Å². The molecule has 2 aromatic rings. The second kappa shape index (κ2) is 15.1. The first-order valence-corrected chi connectivity index (χ1v) is 12.6. The average molecular weight is 679 g/mol. The molecule has 0 radical (unpaired) electrons. The number of pyridine rings is 1. The van der Waals surface area contributed by atoms with Crippen LogP contribution in [0.3, 0.4) is 0 Å². The molecule has 4 rings (SSSR count). The van der Waals surface area contributed by atoms with Crippen LogP contribution in [0.15, 0.2) is 30.6 Å². The molecule has 254 valence electrons. The number of amides is 2. The molecular weight excluding hydrogens is 656 g/mol. The Hall–Kier alpha value is -4.69. The van der Waals surface area contributed by atoms with Crippen LogP contribution in [-0.2, 0) is 14.4 Å². The van der Waals surface area contributed by atoms with Gasteiger partial charge in [-0.1, -0.05) is 0 Å². The third-order valence-corrected chi connectivity index (χ3v) is 6.47. The van der Waals surface area contributed by atoms with Gasteiger partial charge in [0.05, 0.1) is 24.7 Å². The van der Waals surface area contributed by atoms with Crippen LogP contribution in [0.4, 0.5) is 49.6 Å². The summed E-state index contributed by atoms with van der Waals surface area (Å²) in [7, 11) is 0. The molecule has 1 aromatic heterocycles. The zero-order valence-electron chi connectivity index (χ0n) is 23.0. The SMILES string of the molecule is O=C(NCCN1CCC2(CC1)C(=O)NCN2c1cncc(F)c1)c1cc(F)c(F)c(F)c1.O=C(O)C(F)(F)F.O=C(O)C(F)(F)F. The zero-order chi connectivity index (χ0) is 35.0. The van der Waals surface area contributed by atoms with Crippen LogP contribution < -0.4 is 15.5 Å². The number of rotatable bonds is 5. The Kier molecular flexibility index (Phi) is 12.3. The number of aliphatic carboxylic acids is 2. The number of nitrogens with one attached hydrogen (secondary N) is 2. The second-order valence-corrected chi connectivity index (χ2v) is 9.44. The maximum atomic E-state index is 13.6. The van der Waals surface area contributed by atoms with E-state index in [2.05, 4.69) is 15.6 Å². The Morgan fingerprint density at radius 1 is 0.891 bits per heavy atom. The number of nitrogens with zero attached hydrogens (tertiary/aromatic N) is 3. The zero-order valence-corrected chi connectivity index (χ0v) is 23.0. The van der Waals surface area contributed by atoms with Crippen LogP contribution in [0.25, 0.3) is 0 Å². The molecule has 0 aliphatic carbocycles. The van der Waals surface area contributed by atoms with Gasteiger partial charge in [-0.2, -0.15) is 26.3 Å². The van der Waals surface area contributed by atoms with E-state index in [1.165, 1.54) is 12.3 Å². The van der Waals surface area contributed by atoms with Gasteiger partial charge < -0.3 is 30.6 Å². The number of anilines is 1. The van der Waals surface area contributed by atoms with Gasteiger partial charge in [0.15, 0.2) is 17.5 Å². The average Bonchev–Trinajstić information content (AvgIpc) is 3.27. The predicted molar refractivity (Wildman–Crippen MR) is 134 cm³/mol. The molecule has 2 fully saturated rings. The van der Waals surface area contributed by atoms with Gasteiger partial charge in [0.2, 0.25) is 5.91 Å². The number of hydrogen-bond acceptors (Lipinski definition) is 7. The van der Waals surface area contributed by atoms with E-state index < -0.39 is 59.0 Å². The normalized spacial score (nSPS) is 16.0. The van der Waals surface area contributed by atoms with E-state index in [4.69, 9.17) is 19.8 Å². The van der Waals surface area contributed by atoms with Gasteiger partial charge in [0.1, 0.15) is 11.4 Å². The molecule has 0 unspecified atom stereocenters. The summed E-state index contributed by atoms with van der Waals surface area (Å²) in [6.45, 7) is 2.04. The molecule has 2 aliphatic heterocycles. The first kappa shape index (κ1) is 37.5. The lowest BCUT2D eigenvalue weighted by Gasteiger charge is -2.43. The molecule has 0 bridgehead atoms. The Morgan fingerprint density at radius 3 is 1.85 bits per heavy atom. The van der Waals surface area contributed by atoms with Crippen molar-refractivity contribution in [2.45, 2.75) is 30.7 Å². The fourth-order valence-electron chi connectivity index (χ4n) is 4.24. The second-order valence-electron chi connectivity index (χ2n) is 9.44. The quantitative estimate of drug-likeness (QED) is 0.276. The molecule has 21 heteroatoms. The van der Waals surface area contributed by atoms with Crippen molar-refractivity contribution in [3.63, 3.8) is 0 Å². The molecule has 2 amide bonds. The van der Waals surface area contributed by atoms with E-state index in [0.29, 0.717) is 50.3 Å². The van der Waals surface area contributed by atoms with Crippen molar-refractivity contribution in [1.82, 2.24) is 20.5 Å². The van der Waals surface area contributed by atoms with E-state index in [-0.39, 0.29) is 24.7 Å². The van der Waals surface area contributed by atoms with Gasteiger partial charge >= 0.3 is 24.3 Å². The Balaban J connectivity index is 0.000000440. The molecule has 0 atom stereocenters. The first-order chi connectivity index (χ1) is 21.2. The van der Waals surface area contributed by atoms with Crippen LogP contribution >= 0.6 is 0 Å². The molecule has 3 heterocycles. The van der Waals surface area contributed by atoms with E-state index in [0.717, 1.165) is 6.20 Å². The van der Waals surface area contributed by atoms with Gasteiger partial charge in [0, 0.05) is 37.8 Å². The lowest BCUT2D eigenvalue weighted by molar-refractivity contribution is -0.193. The van der Waals surface area contributed by atoms with E-state index in [1.54, 1.807) is 0 Å². The number of carboxylic acids is 2. The maximum absolute atomic E-state index is 13.6. The van der Waals surface area contributed by atoms with Crippen molar-refractivity contribution in [3.8, 4) is 0 Å². The summed E-state index contributed by atoms with van der Waals surface area (Å²) in [4.78, 5) is 50.3. The third kappa shape index (κ3) is 9.91. The summed E-state index contributed by atoms with van der Waals surface area (Å²) in [6.07, 6.45) is -6.55. The Morgan fingerprint density at radius 2 is 1.39 bits per heavy atom. The summed E-state index contributed by atoms with van der Waals surface area (Å²) in [5.74, 6) is -11.3. The van der Waals surface area contributed by atoms with Crippen molar-refractivity contribution >= 4 is 29.4 Å². The lowest BCUT2D eigenvalue weighted by atomic mass is 9.85. The fraction of sp³-hybridized carbons (Fsp3) is 0.400. The highest BCUT2D eigenvalue weighted by atomic mass is 19.4. The lowest BCUT2D eigenvalue weighted by Crippen LogP contribution is -2.57. The fourth-order valence-corrected chi connectivity index (χ4v) is 4.24. The first-order valence-electron chi connectivity index (χ1n) is 12.6.